The van der Waals surface area contributed by atoms with Crippen molar-refractivity contribution >= 4 is 11.4 Å². The van der Waals surface area contributed by atoms with Crippen molar-refractivity contribution in [2.75, 3.05) is 11.5 Å². The van der Waals surface area contributed by atoms with Crippen LogP contribution in [0.5, 0.6) is 11.5 Å². The average molecular weight is 268 g/mol. The van der Waals surface area contributed by atoms with Crippen LogP contribution in [-0.2, 0) is 6.18 Å². The maximum Gasteiger partial charge on any atom is 0.420 e. The zero-order valence-electron chi connectivity index (χ0n) is 9.74. The van der Waals surface area contributed by atoms with Crippen LogP contribution in [0.4, 0.5) is 24.5 Å². The second-order valence-corrected chi connectivity index (χ2v) is 3.85. The number of ether oxygens (including phenoxy) is 1. The molecule has 3 nitrogen and oxygen atoms in total. The molecule has 0 amide bonds. The Morgan fingerprint density at radius 3 is 2.11 bits per heavy atom. The second kappa shape index (κ2) is 4.72. The Labute approximate surface area is 107 Å². The smallest absolute Gasteiger partial charge is 0.420 e. The van der Waals surface area contributed by atoms with E-state index in [1.165, 1.54) is 6.07 Å². The van der Waals surface area contributed by atoms with E-state index in [4.69, 9.17) is 16.2 Å². The van der Waals surface area contributed by atoms with Crippen molar-refractivity contribution in [3.63, 3.8) is 0 Å². The molecule has 0 unspecified atom stereocenters. The molecule has 2 aromatic rings. The van der Waals surface area contributed by atoms with Gasteiger partial charge in [0.15, 0.2) is 5.75 Å². The first-order valence-corrected chi connectivity index (χ1v) is 5.37. The molecule has 0 bridgehead atoms. The number of nitrogen functional groups attached to an aromatic ring is 2. The molecule has 0 aliphatic rings. The highest BCUT2D eigenvalue weighted by Gasteiger charge is 2.36. The first-order chi connectivity index (χ1) is 8.89. The topological polar surface area (TPSA) is 61.3 Å². The highest BCUT2D eigenvalue weighted by Crippen LogP contribution is 2.42. The Hall–Kier alpha value is -2.37. The summed E-state index contributed by atoms with van der Waals surface area (Å²) in [6.07, 6.45) is -4.62. The van der Waals surface area contributed by atoms with E-state index >= 15 is 0 Å². The van der Waals surface area contributed by atoms with Gasteiger partial charge in [-0.05, 0) is 24.3 Å². The molecule has 6 heteroatoms. The Morgan fingerprint density at radius 2 is 1.53 bits per heavy atom. The summed E-state index contributed by atoms with van der Waals surface area (Å²) in [6.45, 7) is 0. The van der Waals surface area contributed by atoms with E-state index in [1.54, 1.807) is 30.3 Å². The molecule has 100 valence electrons. The van der Waals surface area contributed by atoms with E-state index in [1.807, 2.05) is 0 Å². The van der Waals surface area contributed by atoms with Crippen molar-refractivity contribution in [1.82, 2.24) is 0 Å². The van der Waals surface area contributed by atoms with Crippen LogP contribution in [-0.4, -0.2) is 0 Å². The van der Waals surface area contributed by atoms with Crippen LogP contribution < -0.4 is 16.2 Å². The van der Waals surface area contributed by atoms with Gasteiger partial charge in [-0.1, -0.05) is 18.2 Å². The summed E-state index contributed by atoms with van der Waals surface area (Å²) in [6, 6.07) is 10.8. The van der Waals surface area contributed by atoms with Gasteiger partial charge in [0.25, 0.3) is 0 Å². The van der Waals surface area contributed by atoms with Gasteiger partial charge in [0.2, 0.25) is 0 Å². The summed E-state index contributed by atoms with van der Waals surface area (Å²) in [4.78, 5) is 0. The molecule has 2 rings (SSSR count). The van der Waals surface area contributed by atoms with E-state index < -0.39 is 23.1 Å². The lowest BCUT2D eigenvalue weighted by atomic mass is 10.1. The van der Waals surface area contributed by atoms with Gasteiger partial charge in [-0.2, -0.15) is 13.2 Å². The maximum absolute atomic E-state index is 12.8. The number of benzene rings is 2. The third-order valence-electron chi connectivity index (χ3n) is 2.49. The molecule has 0 aliphatic carbocycles. The lowest BCUT2D eigenvalue weighted by molar-refractivity contribution is -0.136. The van der Waals surface area contributed by atoms with Crippen molar-refractivity contribution in [1.29, 1.82) is 0 Å². The van der Waals surface area contributed by atoms with Gasteiger partial charge >= 0.3 is 6.18 Å². The summed E-state index contributed by atoms with van der Waals surface area (Å²) in [5.41, 5.74) is 8.80. The Kier molecular flexibility index (Phi) is 3.25. The molecule has 0 aromatic heterocycles. The minimum absolute atomic E-state index is 0.0762. The van der Waals surface area contributed by atoms with E-state index in [0.29, 0.717) is 5.75 Å². The number of halogens is 3. The standard InChI is InChI=1S/C13H11F3N2O/c14-13(15,16)11-9(17)6-7-10(12(11)18)19-8-4-2-1-3-5-8/h1-7H,17-18H2. The third kappa shape index (κ3) is 2.73. The zero-order valence-corrected chi connectivity index (χ0v) is 9.74. The SMILES string of the molecule is Nc1ccc(Oc2ccccc2)c(N)c1C(F)(F)F. The van der Waals surface area contributed by atoms with Gasteiger partial charge in [0, 0.05) is 5.69 Å². The molecule has 19 heavy (non-hydrogen) atoms. The predicted molar refractivity (Wildman–Crippen MR) is 66.8 cm³/mol. The van der Waals surface area contributed by atoms with Crippen molar-refractivity contribution in [3.05, 3.63) is 48.0 Å². The maximum atomic E-state index is 12.8. The molecule has 0 aliphatic heterocycles. The number of rotatable bonds is 2. The minimum Gasteiger partial charge on any atom is -0.455 e. The fourth-order valence-corrected chi connectivity index (χ4v) is 1.64. The van der Waals surface area contributed by atoms with Gasteiger partial charge in [-0.3, -0.25) is 0 Å². The first kappa shape index (κ1) is 13.1. The summed E-state index contributed by atoms with van der Waals surface area (Å²) < 4.78 is 43.8. The molecule has 0 fully saturated rings. The average Bonchev–Trinajstić information content (AvgIpc) is 2.32. The van der Waals surface area contributed by atoms with Crippen LogP contribution in [0.3, 0.4) is 0 Å². The number of hydrogen-bond acceptors (Lipinski definition) is 3. The number of anilines is 2. The van der Waals surface area contributed by atoms with Crippen LogP contribution in [0.1, 0.15) is 5.56 Å². The number of para-hydroxylation sites is 1. The molecule has 0 atom stereocenters. The number of alkyl halides is 3. The highest BCUT2D eigenvalue weighted by atomic mass is 19.4. The summed E-state index contributed by atoms with van der Waals surface area (Å²) in [5, 5.41) is 0. The van der Waals surface area contributed by atoms with E-state index in [2.05, 4.69) is 0 Å². The lowest BCUT2D eigenvalue weighted by Crippen LogP contribution is -2.13. The second-order valence-electron chi connectivity index (χ2n) is 3.85. The largest absolute Gasteiger partial charge is 0.455 e. The highest BCUT2D eigenvalue weighted by molar-refractivity contribution is 5.70. The van der Waals surface area contributed by atoms with Crippen LogP contribution in [0.15, 0.2) is 42.5 Å². The van der Waals surface area contributed by atoms with Crippen molar-refractivity contribution < 1.29 is 17.9 Å². The van der Waals surface area contributed by atoms with E-state index in [9.17, 15) is 13.2 Å². The number of hydrogen-bond donors (Lipinski definition) is 2. The Morgan fingerprint density at radius 1 is 0.895 bits per heavy atom. The van der Waals surface area contributed by atoms with Crippen molar-refractivity contribution in [2.24, 2.45) is 0 Å². The lowest BCUT2D eigenvalue weighted by Gasteiger charge is -2.16. The Bertz CT molecular complexity index is 582. The summed E-state index contributed by atoms with van der Waals surface area (Å²) in [7, 11) is 0. The molecule has 0 saturated carbocycles. The fourth-order valence-electron chi connectivity index (χ4n) is 1.64. The van der Waals surface area contributed by atoms with Crippen LogP contribution in [0.25, 0.3) is 0 Å². The normalized spacial score (nSPS) is 11.3. The quantitative estimate of drug-likeness (QED) is 0.817. The third-order valence-corrected chi connectivity index (χ3v) is 2.49. The van der Waals surface area contributed by atoms with Crippen LogP contribution in [0, 0.1) is 0 Å². The molecule has 0 saturated heterocycles. The molecular weight excluding hydrogens is 257 g/mol. The molecule has 2 aromatic carbocycles. The molecule has 0 heterocycles. The molecule has 0 spiro atoms. The van der Waals surface area contributed by atoms with E-state index in [0.717, 1.165) is 6.07 Å². The van der Waals surface area contributed by atoms with Gasteiger partial charge in [-0.15, -0.1) is 0 Å². The molecule has 0 radical (unpaired) electrons. The van der Waals surface area contributed by atoms with Gasteiger partial charge in [0.1, 0.15) is 11.3 Å². The van der Waals surface area contributed by atoms with Gasteiger partial charge < -0.3 is 16.2 Å². The monoisotopic (exact) mass is 268 g/mol. The molecular formula is C13H11F3N2O. The molecule has 4 N–H and O–H groups in total. The minimum atomic E-state index is -4.62. The predicted octanol–water partition coefficient (Wildman–Crippen LogP) is 3.66. The number of nitrogens with two attached hydrogens (primary N) is 2. The Balaban J connectivity index is 2.44. The van der Waals surface area contributed by atoms with Crippen molar-refractivity contribution in [2.45, 2.75) is 6.18 Å². The van der Waals surface area contributed by atoms with Crippen molar-refractivity contribution in [3.8, 4) is 11.5 Å². The summed E-state index contributed by atoms with van der Waals surface area (Å²) >= 11 is 0. The zero-order chi connectivity index (χ0) is 14.0. The summed E-state index contributed by atoms with van der Waals surface area (Å²) in [5.74, 6) is 0.319. The van der Waals surface area contributed by atoms with Gasteiger partial charge in [0.05, 0.1) is 5.69 Å². The van der Waals surface area contributed by atoms with E-state index in [-0.39, 0.29) is 5.75 Å². The van der Waals surface area contributed by atoms with Gasteiger partial charge in [-0.25, -0.2) is 0 Å². The first-order valence-electron chi connectivity index (χ1n) is 5.37. The fraction of sp³-hybridized carbons (Fsp3) is 0.0769. The van der Waals surface area contributed by atoms with Crippen LogP contribution >= 0.6 is 0 Å². The van der Waals surface area contributed by atoms with Crippen LogP contribution in [0.2, 0.25) is 0 Å².